The van der Waals surface area contributed by atoms with Crippen LogP contribution in [0, 0.1) is 27.7 Å². The van der Waals surface area contributed by atoms with E-state index >= 15 is 0 Å². The van der Waals surface area contributed by atoms with Crippen LogP contribution in [0.4, 0.5) is 0 Å². The van der Waals surface area contributed by atoms with Crippen LogP contribution in [-0.4, -0.2) is 34.4 Å². The summed E-state index contributed by atoms with van der Waals surface area (Å²) in [7, 11) is -2.46. The highest BCUT2D eigenvalue weighted by molar-refractivity contribution is 7.89. The van der Waals surface area contributed by atoms with Crippen molar-refractivity contribution in [2.75, 3.05) is 0 Å². The van der Waals surface area contributed by atoms with E-state index in [1.165, 1.54) is 18.5 Å². The Morgan fingerprint density at radius 2 is 1.87 bits per heavy atom. The Hall–Kier alpha value is -2.20. The van der Waals surface area contributed by atoms with E-state index in [-0.39, 0.29) is 16.3 Å². The fourth-order valence-electron chi connectivity index (χ4n) is 2.51. The third kappa shape index (κ3) is 2.99. The summed E-state index contributed by atoms with van der Waals surface area (Å²) >= 11 is 0. The second-order valence-corrected chi connectivity index (χ2v) is 6.90. The molecule has 0 bridgehead atoms. The predicted octanol–water partition coefficient (Wildman–Crippen LogP) is 0.746. The molecule has 2 heterocycles. The third-order valence-electron chi connectivity index (χ3n) is 3.61. The zero-order valence-corrected chi connectivity index (χ0v) is 14.2. The lowest BCUT2D eigenvalue weighted by Gasteiger charge is -2.15. The largest absolute Gasteiger partial charge is 0.480 e. The number of sulfonamides is 1. The van der Waals surface area contributed by atoms with Gasteiger partial charge in [-0.05, 0) is 27.7 Å². The van der Waals surface area contributed by atoms with Gasteiger partial charge in [-0.25, -0.2) is 8.42 Å². The Kier molecular flexibility index (Phi) is 4.31. The molecule has 0 radical (unpaired) electrons. The van der Waals surface area contributed by atoms with Crippen LogP contribution in [0.2, 0.25) is 0 Å². The average Bonchev–Trinajstić information content (AvgIpc) is 2.88. The van der Waals surface area contributed by atoms with Crippen LogP contribution in [0.1, 0.15) is 34.4 Å². The van der Waals surface area contributed by atoms with Crippen molar-refractivity contribution in [3.63, 3.8) is 0 Å². The molecule has 2 rings (SSSR count). The van der Waals surface area contributed by atoms with E-state index in [1.807, 2.05) is 0 Å². The molecule has 0 saturated heterocycles. The SMILES string of the molecule is Cc1nn(C)c(C)c1C(NS(=O)(=O)c1c(C)noc1C)C(=O)O. The molecule has 9 nitrogen and oxygen atoms in total. The number of carboxylic acid groups (broad SMARTS) is 1. The van der Waals surface area contributed by atoms with Gasteiger partial charge in [-0.2, -0.15) is 9.82 Å². The van der Waals surface area contributed by atoms with Gasteiger partial charge in [-0.15, -0.1) is 0 Å². The van der Waals surface area contributed by atoms with Crippen molar-refractivity contribution in [2.45, 2.75) is 38.6 Å². The van der Waals surface area contributed by atoms with Crippen LogP contribution >= 0.6 is 0 Å². The van der Waals surface area contributed by atoms with Crippen LogP contribution in [0.5, 0.6) is 0 Å². The molecule has 0 amide bonds. The van der Waals surface area contributed by atoms with Crippen molar-refractivity contribution in [2.24, 2.45) is 7.05 Å². The summed E-state index contributed by atoms with van der Waals surface area (Å²) in [6.45, 7) is 6.23. The number of hydrogen-bond acceptors (Lipinski definition) is 6. The summed E-state index contributed by atoms with van der Waals surface area (Å²) in [6.07, 6.45) is 0. The normalized spacial score (nSPS) is 13.3. The lowest BCUT2D eigenvalue weighted by molar-refractivity contribution is -0.139. The Balaban J connectivity index is 2.51. The first kappa shape index (κ1) is 17.2. The molecular formula is C13H18N4O5S. The number of aryl methyl sites for hydroxylation is 4. The summed E-state index contributed by atoms with van der Waals surface area (Å²) in [5.41, 5.74) is 1.49. The van der Waals surface area contributed by atoms with E-state index < -0.39 is 22.0 Å². The fraction of sp³-hybridized carbons (Fsp3) is 0.462. The highest BCUT2D eigenvalue weighted by Crippen LogP contribution is 2.26. The summed E-state index contributed by atoms with van der Waals surface area (Å²) in [5, 5.41) is 17.2. The molecule has 2 aromatic heterocycles. The van der Waals surface area contributed by atoms with Gasteiger partial charge in [0.25, 0.3) is 0 Å². The standard InChI is InChI=1S/C13H18N4O5S/c1-6-10(8(3)17(5)14-6)11(13(18)19)16-23(20,21)12-7(2)15-22-9(12)4/h11,16H,1-5H3,(H,18,19). The molecule has 0 fully saturated rings. The summed E-state index contributed by atoms with van der Waals surface area (Å²) in [6, 6.07) is -1.46. The second-order valence-electron chi connectivity index (χ2n) is 5.25. The fourth-order valence-corrected chi connectivity index (χ4v) is 4.00. The topological polar surface area (TPSA) is 127 Å². The minimum atomic E-state index is -4.12. The van der Waals surface area contributed by atoms with Crippen LogP contribution in [0.15, 0.2) is 9.42 Å². The molecule has 0 spiro atoms. The van der Waals surface area contributed by atoms with Gasteiger partial charge in [-0.1, -0.05) is 5.16 Å². The molecule has 0 aromatic carbocycles. The van der Waals surface area contributed by atoms with Crippen LogP contribution in [0.3, 0.4) is 0 Å². The van der Waals surface area contributed by atoms with Crippen LogP contribution in [-0.2, 0) is 21.9 Å². The van der Waals surface area contributed by atoms with E-state index in [9.17, 15) is 18.3 Å². The Morgan fingerprint density at radius 3 is 2.26 bits per heavy atom. The van der Waals surface area contributed by atoms with Gasteiger partial charge >= 0.3 is 5.97 Å². The van der Waals surface area contributed by atoms with Gasteiger partial charge in [0.2, 0.25) is 10.0 Å². The minimum Gasteiger partial charge on any atom is -0.480 e. The quantitative estimate of drug-likeness (QED) is 0.820. The van der Waals surface area contributed by atoms with E-state index in [0.29, 0.717) is 17.0 Å². The molecule has 0 saturated carbocycles. The number of hydrogen-bond donors (Lipinski definition) is 2. The van der Waals surface area contributed by atoms with Crippen molar-refractivity contribution in [1.29, 1.82) is 0 Å². The first-order valence-electron chi connectivity index (χ1n) is 6.74. The minimum absolute atomic E-state index is 0.0961. The molecule has 1 atom stereocenters. The molecule has 1 unspecified atom stereocenters. The highest BCUT2D eigenvalue weighted by Gasteiger charge is 2.34. The number of aromatic nitrogens is 3. The number of carboxylic acids is 1. The molecule has 126 valence electrons. The zero-order valence-electron chi connectivity index (χ0n) is 13.4. The Labute approximate surface area is 133 Å². The molecule has 0 aliphatic heterocycles. The zero-order chi connectivity index (χ0) is 17.5. The first-order chi connectivity index (χ1) is 10.6. The molecular weight excluding hydrogens is 324 g/mol. The van der Waals surface area contributed by atoms with Gasteiger partial charge in [0, 0.05) is 18.3 Å². The number of aliphatic carboxylic acids is 1. The number of nitrogens with zero attached hydrogens (tertiary/aromatic N) is 3. The van der Waals surface area contributed by atoms with E-state index in [1.54, 1.807) is 20.9 Å². The summed E-state index contributed by atoms with van der Waals surface area (Å²) < 4.78 is 33.7. The first-order valence-corrected chi connectivity index (χ1v) is 8.22. The van der Waals surface area contributed by atoms with Crippen LogP contribution < -0.4 is 4.72 Å². The second kappa shape index (κ2) is 5.78. The van der Waals surface area contributed by atoms with Gasteiger partial charge in [0.15, 0.2) is 5.76 Å². The van der Waals surface area contributed by atoms with Crippen molar-refractivity contribution < 1.29 is 22.8 Å². The van der Waals surface area contributed by atoms with Gasteiger partial charge in [-0.3, -0.25) is 9.48 Å². The van der Waals surface area contributed by atoms with Gasteiger partial charge in [0.1, 0.15) is 16.6 Å². The molecule has 2 aromatic rings. The Bertz CT molecular complexity index is 846. The third-order valence-corrected chi connectivity index (χ3v) is 5.28. The van der Waals surface area contributed by atoms with Crippen molar-refractivity contribution in [3.05, 3.63) is 28.4 Å². The van der Waals surface area contributed by atoms with E-state index in [0.717, 1.165) is 0 Å². The maximum Gasteiger partial charge on any atom is 0.326 e. The number of nitrogens with one attached hydrogen (secondary N) is 1. The maximum absolute atomic E-state index is 12.6. The molecule has 10 heteroatoms. The summed E-state index contributed by atoms with van der Waals surface area (Å²) in [4.78, 5) is 11.5. The molecule has 23 heavy (non-hydrogen) atoms. The Morgan fingerprint density at radius 1 is 1.26 bits per heavy atom. The maximum atomic E-state index is 12.6. The van der Waals surface area contributed by atoms with Crippen molar-refractivity contribution >= 4 is 16.0 Å². The lowest BCUT2D eigenvalue weighted by Crippen LogP contribution is -2.35. The molecule has 0 aliphatic carbocycles. The molecule has 0 aliphatic rings. The number of rotatable bonds is 5. The van der Waals surface area contributed by atoms with Gasteiger partial charge in [0.05, 0.1) is 5.69 Å². The van der Waals surface area contributed by atoms with Crippen molar-refractivity contribution in [3.8, 4) is 0 Å². The van der Waals surface area contributed by atoms with Gasteiger partial charge < -0.3 is 9.63 Å². The summed E-state index contributed by atoms with van der Waals surface area (Å²) in [5.74, 6) is -1.22. The van der Waals surface area contributed by atoms with Crippen molar-refractivity contribution in [1.82, 2.24) is 19.7 Å². The molecule has 2 N–H and O–H groups in total. The van der Waals surface area contributed by atoms with Crippen LogP contribution in [0.25, 0.3) is 0 Å². The lowest BCUT2D eigenvalue weighted by atomic mass is 10.1. The smallest absolute Gasteiger partial charge is 0.326 e. The number of carbonyl (C=O) groups is 1. The average molecular weight is 342 g/mol. The predicted molar refractivity (Wildman–Crippen MR) is 79.4 cm³/mol. The van der Waals surface area contributed by atoms with E-state index in [2.05, 4.69) is 15.0 Å². The monoisotopic (exact) mass is 342 g/mol. The van der Waals surface area contributed by atoms with E-state index in [4.69, 9.17) is 4.52 Å². The highest BCUT2D eigenvalue weighted by atomic mass is 32.2.